The molecule has 1 aromatic carbocycles. The number of Topliss-reactive ketones (excluding diaryl/α,β-unsaturated/α-hetero) is 1. The van der Waals surface area contributed by atoms with Gasteiger partial charge >= 0.3 is 0 Å². The van der Waals surface area contributed by atoms with Crippen molar-refractivity contribution in [2.24, 2.45) is 5.92 Å². The van der Waals surface area contributed by atoms with Gasteiger partial charge in [-0.15, -0.1) is 0 Å². The number of fused-ring (bicyclic) bond motifs is 1. The Morgan fingerprint density at radius 1 is 1.41 bits per heavy atom. The first-order chi connectivity index (χ1) is 8.34. The fourth-order valence-corrected chi connectivity index (χ4v) is 2.74. The normalized spacial score (nSPS) is 26.6. The van der Waals surface area contributed by atoms with Crippen molar-refractivity contribution in [1.82, 2.24) is 0 Å². The molecular weight excluding hydrogens is 214 g/mol. The van der Waals surface area contributed by atoms with Crippen LogP contribution in [0.25, 0.3) is 0 Å². The van der Waals surface area contributed by atoms with Crippen LogP contribution in [0.2, 0.25) is 0 Å². The summed E-state index contributed by atoms with van der Waals surface area (Å²) in [6.07, 6.45) is 1.55. The number of carbonyl (C=O) groups is 1. The molecule has 2 aliphatic heterocycles. The van der Waals surface area contributed by atoms with Gasteiger partial charge in [0.25, 0.3) is 0 Å². The van der Waals surface area contributed by atoms with Gasteiger partial charge in [-0.25, -0.2) is 0 Å². The molecule has 0 spiro atoms. The minimum Gasteiger partial charge on any atom is -0.384 e. The Bertz CT molecular complexity index is 424. The maximum absolute atomic E-state index is 12.1. The second-order valence-electron chi connectivity index (χ2n) is 4.90. The predicted octanol–water partition coefficient (Wildman–Crippen LogP) is 2.19. The van der Waals surface area contributed by atoms with Gasteiger partial charge in [-0.05, 0) is 18.1 Å². The van der Waals surface area contributed by atoms with Crippen molar-refractivity contribution >= 4 is 11.5 Å². The number of nitrogens with one attached hydrogen (secondary N) is 1. The van der Waals surface area contributed by atoms with Gasteiger partial charge in [-0.3, -0.25) is 4.79 Å². The third-order valence-electron chi connectivity index (χ3n) is 3.77. The molecular formula is C14H17NO2. The van der Waals surface area contributed by atoms with E-state index >= 15 is 0 Å². The van der Waals surface area contributed by atoms with Crippen LogP contribution in [-0.4, -0.2) is 25.5 Å². The number of hydrogen-bond acceptors (Lipinski definition) is 3. The van der Waals surface area contributed by atoms with Crippen LogP contribution < -0.4 is 5.32 Å². The number of ether oxygens (including phenoxy) is 1. The van der Waals surface area contributed by atoms with Crippen molar-refractivity contribution < 1.29 is 9.53 Å². The van der Waals surface area contributed by atoms with E-state index < -0.39 is 0 Å². The summed E-state index contributed by atoms with van der Waals surface area (Å²) < 4.78 is 5.28. The number of para-hydroxylation sites is 1. The summed E-state index contributed by atoms with van der Waals surface area (Å²) in [7, 11) is 0. The highest BCUT2D eigenvalue weighted by Crippen LogP contribution is 2.34. The average molecular weight is 231 g/mol. The van der Waals surface area contributed by atoms with Gasteiger partial charge in [0.1, 0.15) is 5.78 Å². The van der Waals surface area contributed by atoms with Crippen LogP contribution in [0.1, 0.15) is 24.3 Å². The molecule has 1 N–H and O–H groups in total. The van der Waals surface area contributed by atoms with E-state index in [1.54, 1.807) is 0 Å². The Hall–Kier alpha value is -1.35. The summed E-state index contributed by atoms with van der Waals surface area (Å²) in [6, 6.07) is 8.28. The van der Waals surface area contributed by atoms with Gasteiger partial charge in [-0.2, -0.15) is 0 Å². The van der Waals surface area contributed by atoms with E-state index in [-0.39, 0.29) is 5.92 Å². The molecule has 2 atom stereocenters. The van der Waals surface area contributed by atoms with E-state index in [9.17, 15) is 4.79 Å². The van der Waals surface area contributed by atoms with E-state index in [4.69, 9.17) is 4.74 Å². The predicted molar refractivity (Wildman–Crippen MR) is 66.2 cm³/mol. The number of hydrogen-bond donors (Lipinski definition) is 1. The standard InChI is InChI=1S/C14H17NO2/c16-14(10-5-6-17-9-10)7-11-8-15-13-4-2-1-3-12(11)13/h1-4,10-11,15H,5-9H2. The van der Waals surface area contributed by atoms with Crippen LogP contribution >= 0.6 is 0 Å². The molecule has 1 aromatic rings. The highest BCUT2D eigenvalue weighted by molar-refractivity contribution is 5.83. The molecule has 3 nitrogen and oxygen atoms in total. The Balaban J connectivity index is 1.68. The van der Waals surface area contributed by atoms with E-state index in [1.165, 1.54) is 11.3 Å². The number of rotatable bonds is 3. The second kappa shape index (κ2) is 4.49. The number of benzene rings is 1. The molecule has 0 bridgehead atoms. The smallest absolute Gasteiger partial charge is 0.139 e. The zero-order valence-electron chi connectivity index (χ0n) is 9.82. The number of carbonyl (C=O) groups excluding carboxylic acids is 1. The Kier molecular flexibility index (Phi) is 2.85. The topological polar surface area (TPSA) is 38.3 Å². The van der Waals surface area contributed by atoms with Gasteiger partial charge in [-0.1, -0.05) is 18.2 Å². The molecule has 0 radical (unpaired) electrons. The average Bonchev–Trinajstić information content (AvgIpc) is 2.98. The second-order valence-corrected chi connectivity index (χ2v) is 4.90. The zero-order valence-corrected chi connectivity index (χ0v) is 9.82. The van der Waals surface area contributed by atoms with Gasteiger partial charge in [0, 0.05) is 37.1 Å². The summed E-state index contributed by atoms with van der Waals surface area (Å²) in [6.45, 7) is 2.26. The van der Waals surface area contributed by atoms with E-state index in [2.05, 4.69) is 17.4 Å². The molecule has 0 aromatic heterocycles. The van der Waals surface area contributed by atoms with Crippen LogP contribution in [0.5, 0.6) is 0 Å². The molecule has 0 amide bonds. The minimum absolute atomic E-state index is 0.141. The number of anilines is 1. The molecule has 2 unspecified atom stereocenters. The molecule has 3 heteroatoms. The van der Waals surface area contributed by atoms with Crippen molar-refractivity contribution in [3.63, 3.8) is 0 Å². The third-order valence-corrected chi connectivity index (χ3v) is 3.77. The van der Waals surface area contributed by atoms with Gasteiger partial charge in [0.2, 0.25) is 0 Å². The lowest BCUT2D eigenvalue weighted by Gasteiger charge is -2.12. The Morgan fingerprint density at radius 2 is 2.29 bits per heavy atom. The fraction of sp³-hybridized carbons (Fsp3) is 0.500. The van der Waals surface area contributed by atoms with Crippen LogP contribution in [0.3, 0.4) is 0 Å². The maximum Gasteiger partial charge on any atom is 0.139 e. The largest absolute Gasteiger partial charge is 0.384 e. The van der Waals surface area contributed by atoms with Gasteiger partial charge in [0.05, 0.1) is 6.61 Å². The molecule has 90 valence electrons. The monoisotopic (exact) mass is 231 g/mol. The third kappa shape index (κ3) is 2.07. The Morgan fingerprint density at radius 3 is 3.12 bits per heavy atom. The summed E-state index contributed by atoms with van der Waals surface area (Å²) in [5.74, 6) is 0.855. The molecule has 1 fully saturated rings. The summed E-state index contributed by atoms with van der Waals surface area (Å²) >= 11 is 0. The molecule has 0 saturated carbocycles. The molecule has 2 aliphatic rings. The van der Waals surface area contributed by atoms with E-state index in [1.807, 2.05) is 12.1 Å². The van der Waals surface area contributed by atoms with Crippen molar-refractivity contribution in [2.45, 2.75) is 18.8 Å². The maximum atomic E-state index is 12.1. The lowest BCUT2D eigenvalue weighted by molar-refractivity contribution is -0.123. The highest BCUT2D eigenvalue weighted by Gasteiger charge is 2.29. The summed E-state index contributed by atoms with van der Waals surface area (Å²) in [5.41, 5.74) is 2.48. The first kappa shape index (κ1) is 10.8. The first-order valence-electron chi connectivity index (χ1n) is 6.28. The Labute approximate surface area is 101 Å². The summed E-state index contributed by atoms with van der Waals surface area (Å²) in [4.78, 5) is 12.1. The van der Waals surface area contributed by atoms with Crippen LogP contribution in [-0.2, 0) is 9.53 Å². The lowest BCUT2D eigenvalue weighted by atomic mass is 9.90. The van der Waals surface area contributed by atoms with Crippen molar-refractivity contribution in [2.75, 3.05) is 25.1 Å². The van der Waals surface area contributed by atoms with Crippen LogP contribution in [0, 0.1) is 5.92 Å². The van der Waals surface area contributed by atoms with Gasteiger partial charge in [0.15, 0.2) is 0 Å². The first-order valence-corrected chi connectivity index (χ1v) is 6.28. The minimum atomic E-state index is 0.141. The van der Waals surface area contributed by atoms with E-state index in [0.29, 0.717) is 24.7 Å². The molecule has 0 aliphatic carbocycles. The SMILES string of the molecule is O=C(CC1CNc2ccccc21)C1CCOC1. The van der Waals surface area contributed by atoms with Gasteiger partial charge < -0.3 is 10.1 Å². The lowest BCUT2D eigenvalue weighted by Crippen LogP contribution is -2.18. The zero-order chi connectivity index (χ0) is 11.7. The number of ketones is 1. The van der Waals surface area contributed by atoms with E-state index in [0.717, 1.165) is 19.6 Å². The van der Waals surface area contributed by atoms with Crippen molar-refractivity contribution in [3.05, 3.63) is 29.8 Å². The van der Waals surface area contributed by atoms with Crippen LogP contribution in [0.4, 0.5) is 5.69 Å². The van der Waals surface area contributed by atoms with Crippen LogP contribution in [0.15, 0.2) is 24.3 Å². The molecule has 1 saturated heterocycles. The molecule has 17 heavy (non-hydrogen) atoms. The molecule has 3 rings (SSSR count). The molecule has 2 heterocycles. The highest BCUT2D eigenvalue weighted by atomic mass is 16.5. The quantitative estimate of drug-likeness (QED) is 0.866. The summed E-state index contributed by atoms with van der Waals surface area (Å²) in [5, 5.41) is 3.36. The fourth-order valence-electron chi connectivity index (χ4n) is 2.74. The van der Waals surface area contributed by atoms with Crippen molar-refractivity contribution in [3.8, 4) is 0 Å². The van der Waals surface area contributed by atoms with Crippen molar-refractivity contribution in [1.29, 1.82) is 0 Å².